The van der Waals surface area contributed by atoms with E-state index in [1.807, 2.05) is 37.3 Å². The van der Waals surface area contributed by atoms with Crippen LogP contribution in [0.3, 0.4) is 0 Å². The van der Waals surface area contributed by atoms with Crippen molar-refractivity contribution in [2.45, 2.75) is 20.0 Å². The molecule has 0 spiro atoms. The summed E-state index contributed by atoms with van der Waals surface area (Å²) in [6.07, 6.45) is 1.58. The molecule has 3 rings (SSSR count). The van der Waals surface area contributed by atoms with Crippen LogP contribution >= 0.6 is 11.3 Å². The van der Waals surface area contributed by atoms with Crippen LogP contribution in [0.5, 0.6) is 5.75 Å². The van der Waals surface area contributed by atoms with Crippen molar-refractivity contribution in [2.24, 2.45) is 0 Å². The maximum Gasteiger partial charge on any atom is 0.263 e. The maximum absolute atomic E-state index is 12.3. The first kappa shape index (κ1) is 17.0. The van der Waals surface area contributed by atoms with E-state index in [1.54, 1.807) is 19.4 Å². The van der Waals surface area contributed by atoms with E-state index in [4.69, 9.17) is 9.15 Å². The van der Waals surface area contributed by atoms with E-state index >= 15 is 0 Å². The molecule has 6 nitrogen and oxygen atoms in total. The van der Waals surface area contributed by atoms with Crippen molar-refractivity contribution in [3.63, 3.8) is 0 Å². The van der Waals surface area contributed by atoms with E-state index in [9.17, 15) is 4.79 Å². The van der Waals surface area contributed by atoms with Gasteiger partial charge in [0.25, 0.3) is 5.91 Å². The lowest BCUT2D eigenvalue weighted by Crippen LogP contribution is -2.22. The monoisotopic (exact) mass is 357 g/mol. The third-order valence-electron chi connectivity index (χ3n) is 3.61. The number of ether oxygens (including phenoxy) is 1. The summed E-state index contributed by atoms with van der Waals surface area (Å²) in [5.41, 5.74) is 1.82. The Bertz CT molecular complexity index is 826. The van der Waals surface area contributed by atoms with Gasteiger partial charge in [0, 0.05) is 6.54 Å². The normalized spacial score (nSPS) is 10.5. The number of anilines is 1. The molecule has 0 unspecified atom stereocenters. The van der Waals surface area contributed by atoms with Crippen molar-refractivity contribution in [2.75, 3.05) is 12.4 Å². The number of benzene rings is 1. The van der Waals surface area contributed by atoms with E-state index in [0.29, 0.717) is 29.4 Å². The number of nitrogens with zero attached hydrogens (tertiary/aromatic N) is 1. The Morgan fingerprint density at radius 3 is 2.72 bits per heavy atom. The minimum Gasteiger partial charge on any atom is -0.497 e. The second-order valence-corrected chi connectivity index (χ2v) is 6.40. The Balaban J connectivity index is 1.58. The fourth-order valence-electron chi connectivity index (χ4n) is 2.26. The largest absolute Gasteiger partial charge is 0.497 e. The molecule has 1 amide bonds. The summed E-state index contributed by atoms with van der Waals surface area (Å²) in [6, 6.07) is 11.4. The third-order valence-corrected chi connectivity index (χ3v) is 4.72. The van der Waals surface area contributed by atoms with Gasteiger partial charge in [-0.25, -0.2) is 4.98 Å². The standard InChI is InChI=1S/C18H19N3O3S/c1-12-16(17(22)19-11-15-4-3-9-24-15)25-18(21-12)20-10-13-5-7-14(23-2)8-6-13/h3-9H,10-11H2,1-2H3,(H,19,22)(H,20,21). The second kappa shape index (κ2) is 7.85. The number of carbonyl (C=O) groups is 1. The number of rotatable bonds is 7. The first-order chi connectivity index (χ1) is 12.2. The summed E-state index contributed by atoms with van der Waals surface area (Å²) >= 11 is 1.34. The second-order valence-electron chi connectivity index (χ2n) is 5.40. The predicted molar refractivity (Wildman–Crippen MR) is 97.0 cm³/mol. The smallest absolute Gasteiger partial charge is 0.263 e. The van der Waals surface area contributed by atoms with Gasteiger partial charge in [-0.05, 0) is 36.8 Å². The van der Waals surface area contributed by atoms with Crippen LogP contribution in [0.15, 0.2) is 47.1 Å². The fraction of sp³-hybridized carbons (Fsp3) is 0.222. The molecule has 1 aromatic carbocycles. The summed E-state index contributed by atoms with van der Waals surface area (Å²) in [6.45, 7) is 2.82. The van der Waals surface area contributed by atoms with Gasteiger partial charge in [0.05, 0.1) is 25.6 Å². The van der Waals surface area contributed by atoms with Crippen LogP contribution in [0.4, 0.5) is 5.13 Å². The SMILES string of the molecule is COc1ccc(CNc2nc(C)c(C(=O)NCc3ccco3)s2)cc1. The van der Waals surface area contributed by atoms with Gasteiger partial charge >= 0.3 is 0 Å². The van der Waals surface area contributed by atoms with Crippen molar-refractivity contribution in [3.05, 3.63) is 64.6 Å². The highest BCUT2D eigenvalue weighted by atomic mass is 32.1. The van der Waals surface area contributed by atoms with Crippen molar-refractivity contribution >= 4 is 22.4 Å². The van der Waals surface area contributed by atoms with Crippen molar-refractivity contribution < 1.29 is 13.9 Å². The van der Waals surface area contributed by atoms with E-state index in [-0.39, 0.29) is 5.91 Å². The van der Waals surface area contributed by atoms with Crippen LogP contribution in [-0.4, -0.2) is 18.0 Å². The molecular weight excluding hydrogens is 338 g/mol. The van der Waals surface area contributed by atoms with Crippen LogP contribution < -0.4 is 15.4 Å². The Morgan fingerprint density at radius 1 is 1.24 bits per heavy atom. The molecule has 25 heavy (non-hydrogen) atoms. The first-order valence-corrected chi connectivity index (χ1v) is 8.62. The summed E-state index contributed by atoms with van der Waals surface area (Å²) < 4.78 is 10.4. The van der Waals surface area contributed by atoms with Gasteiger partial charge in [-0.15, -0.1) is 0 Å². The summed E-state index contributed by atoms with van der Waals surface area (Å²) in [5, 5.41) is 6.81. The number of thiazole rings is 1. The topological polar surface area (TPSA) is 76.4 Å². The van der Waals surface area contributed by atoms with Crippen LogP contribution in [0.25, 0.3) is 0 Å². The number of hydrogen-bond acceptors (Lipinski definition) is 6. The molecule has 0 aliphatic carbocycles. The summed E-state index contributed by atoms with van der Waals surface area (Å²) in [7, 11) is 1.64. The molecule has 0 bridgehead atoms. The fourth-order valence-corrected chi connectivity index (χ4v) is 3.14. The van der Waals surface area contributed by atoms with Crippen LogP contribution in [0.2, 0.25) is 0 Å². The molecule has 0 radical (unpaired) electrons. The molecule has 2 N–H and O–H groups in total. The van der Waals surface area contributed by atoms with Gasteiger partial charge in [0.15, 0.2) is 5.13 Å². The van der Waals surface area contributed by atoms with Gasteiger partial charge in [-0.3, -0.25) is 4.79 Å². The van der Waals surface area contributed by atoms with Gasteiger partial charge in [0.1, 0.15) is 16.4 Å². The minimum atomic E-state index is -0.149. The molecule has 0 aliphatic heterocycles. The number of aryl methyl sites for hydroxylation is 1. The lowest BCUT2D eigenvalue weighted by atomic mass is 10.2. The number of carbonyl (C=O) groups excluding carboxylic acids is 1. The molecule has 130 valence electrons. The average Bonchev–Trinajstić information content (AvgIpc) is 3.28. The van der Waals surface area contributed by atoms with E-state index in [1.165, 1.54) is 11.3 Å². The highest BCUT2D eigenvalue weighted by Gasteiger charge is 2.15. The third kappa shape index (κ3) is 4.39. The number of hydrogen-bond donors (Lipinski definition) is 2. The molecule has 2 aromatic heterocycles. The number of amides is 1. The van der Waals surface area contributed by atoms with Crippen LogP contribution in [0.1, 0.15) is 26.7 Å². The maximum atomic E-state index is 12.3. The zero-order valence-corrected chi connectivity index (χ0v) is 14.9. The Kier molecular flexibility index (Phi) is 5.35. The van der Waals surface area contributed by atoms with Crippen molar-refractivity contribution in [3.8, 4) is 5.75 Å². The summed E-state index contributed by atoms with van der Waals surface area (Å²) in [5.74, 6) is 1.39. The molecular formula is C18H19N3O3S. The molecule has 0 atom stereocenters. The Hall–Kier alpha value is -2.80. The van der Waals surface area contributed by atoms with Crippen molar-refractivity contribution in [1.82, 2.24) is 10.3 Å². The predicted octanol–water partition coefficient (Wildman–Crippen LogP) is 3.60. The van der Waals surface area contributed by atoms with Gasteiger partial charge in [-0.1, -0.05) is 23.5 Å². The van der Waals surface area contributed by atoms with Crippen LogP contribution in [0, 0.1) is 6.92 Å². The molecule has 0 saturated heterocycles. The summed E-state index contributed by atoms with van der Waals surface area (Å²) in [4.78, 5) is 17.3. The van der Waals surface area contributed by atoms with Crippen molar-refractivity contribution in [1.29, 1.82) is 0 Å². The molecule has 0 aliphatic rings. The number of nitrogens with one attached hydrogen (secondary N) is 2. The Morgan fingerprint density at radius 2 is 2.04 bits per heavy atom. The van der Waals surface area contributed by atoms with Crippen LogP contribution in [-0.2, 0) is 13.1 Å². The number of methoxy groups -OCH3 is 1. The van der Waals surface area contributed by atoms with E-state index in [0.717, 1.165) is 16.4 Å². The lowest BCUT2D eigenvalue weighted by molar-refractivity contribution is 0.0951. The van der Waals surface area contributed by atoms with Gasteiger partial charge in [-0.2, -0.15) is 0 Å². The Labute approximate surface area is 149 Å². The lowest BCUT2D eigenvalue weighted by Gasteiger charge is -2.04. The van der Waals surface area contributed by atoms with E-state index < -0.39 is 0 Å². The van der Waals surface area contributed by atoms with Gasteiger partial charge in [0.2, 0.25) is 0 Å². The highest BCUT2D eigenvalue weighted by Crippen LogP contribution is 2.23. The molecule has 3 aromatic rings. The average molecular weight is 357 g/mol. The number of aromatic nitrogens is 1. The molecule has 2 heterocycles. The highest BCUT2D eigenvalue weighted by molar-refractivity contribution is 7.17. The zero-order valence-electron chi connectivity index (χ0n) is 14.0. The molecule has 0 fully saturated rings. The molecule has 7 heteroatoms. The first-order valence-electron chi connectivity index (χ1n) is 7.80. The quantitative estimate of drug-likeness (QED) is 0.676. The molecule has 0 saturated carbocycles. The van der Waals surface area contributed by atoms with E-state index in [2.05, 4.69) is 15.6 Å². The zero-order chi connectivity index (χ0) is 17.6. The number of furan rings is 1. The minimum absolute atomic E-state index is 0.149. The van der Waals surface area contributed by atoms with Gasteiger partial charge < -0.3 is 19.8 Å².